The molecule has 2 rings (SSSR count). The molecule has 0 bridgehead atoms. The molecule has 92 valence electrons. The summed E-state index contributed by atoms with van der Waals surface area (Å²) < 4.78 is 0. The lowest BCUT2D eigenvalue weighted by atomic mass is 10.1. The highest BCUT2D eigenvalue weighted by molar-refractivity contribution is 5.75. The van der Waals surface area contributed by atoms with Gasteiger partial charge in [0.05, 0.1) is 0 Å². The summed E-state index contributed by atoms with van der Waals surface area (Å²) in [6.45, 7) is 5.60. The lowest BCUT2D eigenvalue weighted by Gasteiger charge is -2.30. The second-order valence-electron chi connectivity index (χ2n) is 4.87. The van der Waals surface area contributed by atoms with Crippen molar-refractivity contribution < 1.29 is 4.79 Å². The molecule has 0 aliphatic carbocycles. The Kier molecular flexibility index (Phi) is 3.79. The van der Waals surface area contributed by atoms with Crippen molar-refractivity contribution in [1.82, 2.24) is 4.90 Å². The normalized spacial score (nSPS) is 22.2. The molecule has 0 N–H and O–H groups in total. The molecule has 0 aromatic heterocycles. The van der Waals surface area contributed by atoms with Gasteiger partial charge < -0.3 is 9.80 Å². The van der Waals surface area contributed by atoms with Crippen LogP contribution >= 0.6 is 0 Å². The van der Waals surface area contributed by atoms with E-state index in [0.29, 0.717) is 6.04 Å². The van der Waals surface area contributed by atoms with Crippen LogP contribution in [0.4, 0.5) is 5.69 Å². The lowest BCUT2D eigenvalue weighted by molar-refractivity contribution is 0.112. The highest BCUT2D eigenvalue weighted by Gasteiger charge is 2.19. The van der Waals surface area contributed by atoms with E-state index in [4.69, 9.17) is 0 Å². The Hall–Kier alpha value is -1.35. The number of hydrogen-bond donors (Lipinski definition) is 0. The van der Waals surface area contributed by atoms with E-state index in [1.165, 1.54) is 12.1 Å². The molecule has 1 heterocycles. The monoisotopic (exact) mass is 232 g/mol. The van der Waals surface area contributed by atoms with Gasteiger partial charge in [-0.25, -0.2) is 0 Å². The minimum Gasteiger partial charge on any atom is -0.367 e. The van der Waals surface area contributed by atoms with Gasteiger partial charge in [0.1, 0.15) is 6.29 Å². The molecular formula is C14H20N2O. The molecule has 3 nitrogen and oxygen atoms in total. The molecule has 1 unspecified atom stereocenters. The van der Waals surface area contributed by atoms with Crippen LogP contribution in [0.1, 0.15) is 23.7 Å². The van der Waals surface area contributed by atoms with Crippen molar-refractivity contribution in [3.8, 4) is 0 Å². The molecule has 0 saturated carbocycles. The quantitative estimate of drug-likeness (QED) is 0.729. The molecule has 0 radical (unpaired) electrons. The summed E-state index contributed by atoms with van der Waals surface area (Å²) in [4.78, 5) is 15.4. The molecule has 1 aliphatic heterocycles. The van der Waals surface area contributed by atoms with Crippen molar-refractivity contribution in [2.24, 2.45) is 0 Å². The number of hydrogen-bond acceptors (Lipinski definition) is 3. The van der Waals surface area contributed by atoms with E-state index in [2.05, 4.69) is 23.8 Å². The van der Waals surface area contributed by atoms with E-state index >= 15 is 0 Å². The number of benzene rings is 1. The molecule has 0 amide bonds. The Bertz CT molecular complexity index is 374. The Morgan fingerprint density at radius 3 is 2.59 bits per heavy atom. The standard InChI is InChI=1S/C14H20N2O/c1-12-10-15(2)8-3-9-16(12)14-6-4-13(11-17)5-7-14/h4-7,11-12H,3,8-10H2,1-2H3. The predicted molar refractivity (Wildman–Crippen MR) is 70.8 cm³/mol. The Morgan fingerprint density at radius 2 is 1.94 bits per heavy atom. The van der Waals surface area contributed by atoms with E-state index in [1.54, 1.807) is 0 Å². The van der Waals surface area contributed by atoms with E-state index < -0.39 is 0 Å². The minimum absolute atomic E-state index is 0.518. The maximum Gasteiger partial charge on any atom is 0.150 e. The highest BCUT2D eigenvalue weighted by atomic mass is 16.1. The second-order valence-corrected chi connectivity index (χ2v) is 4.87. The van der Waals surface area contributed by atoms with E-state index in [0.717, 1.165) is 31.5 Å². The van der Waals surface area contributed by atoms with Crippen molar-refractivity contribution in [3.05, 3.63) is 29.8 Å². The first-order chi connectivity index (χ1) is 8.20. The average Bonchev–Trinajstić information content (AvgIpc) is 2.50. The number of carbonyl (C=O) groups is 1. The molecule has 1 atom stereocenters. The van der Waals surface area contributed by atoms with Crippen molar-refractivity contribution in [1.29, 1.82) is 0 Å². The van der Waals surface area contributed by atoms with Crippen molar-refractivity contribution in [3.63, 3.8) is 0 Å². The largest absolute Gasteiger partial charge is 0.367 e. The molecule has 1 aromatic carbocycles. The average molecular weight is 232 g/mol. The van der Waals surface area contributed by atoms with Gasteiger partial charge in [0, 0.05) is 30.4 Å². The Labute approximate surface area is 103 Å². The Morgan fingerprint density at radius 1 is 1.24 bits per heavy atom. The molecular weight excluding hydrogens is 212 g/mol. The smallest absolute Gasteiger partial charge is 0.150 e. The SMILES string of the molecule is CC1CN(C)CCCN1c1ccc(C=O)cc1. The maximum absolute atomic E-state index is 10.6. The van der Waals surface area contributed by atoms with E-state index in [9.17, 15) is 4.79 Å². The fraction of sp³-hybridized carbons (Fsp3) is 0.500. The number of carbonyl (C=O) groups excluding carboxylic acids is 1. The first-order valence-electron chi connectivity index (χ1n) is 6.21. The third kappa shape index (κ3) is 2.86. The van der Waals surface area contributed by atoms with Crippen LogP contribution < -0.4 is 4.90 Å². The summed E-state index contributed by atoms with van der Waals surface area (Å²) in [7, 11) is 2.18. The van der Waals surface area contributed by atoms with Gasteiger partial charge in [-0.2, -0.15) is 0 Å². The minimum atomic E-state index is 0.518. The van der Waals surface area contributed by atoms with Crippen LogP contribution in [0, 0.1) is 0 Å². The van der Waals surface area contributed by atoms with Crippen LogP contribution in [0.15, 0.2) is 24.3 Å². The van der Waals surface area contributed by atoms with Crippen LogP contribution in [0.5, 0.6) is 0 Å². The summed E-state index contributed by atoms with van der Waals surface area (Å²) >= 11 is 0. The number of nitrogens with zero attached hydrogens (tertiary/aromatic N) is 2. The summed E-state index contributed by atoms with van der Waals surface area (Å²) in [5.41, 5.74) is 1.96. The first kappa shape index (κ1) is 12.1. The molecule has 0 spiro atoms. The van der Waals surface area contributed by atoms with Crippen molar-refractivity contribution in [2.45, 2.75) is 19.4 Å². The summed E-state index contributed by atoms with van der Waals surface area (Å²) in [6, 6.07) is 8.40. The second kappa shape index (κ2) is 5.32. The van der Waals surface area contributed by atoms with Crippen LogP contribution in [-0.2, 0) is 0 Å². The zero-order chi connectivity index (χ0) is 12.3. The van der Waals surface area contributed by atoms with Gasteiger partial charge in [-0.05, 0) is 51.2 Å². The molecule has 1 aliphatic rings. The first-order valence-corrected chi connectivity index (χ1v) is 6.21. The van der Waals surface area contributed by atoms with Crippen molar-refractivity contribution in [2.75, 3.05) is 31.6 Å². The molecule has 1 aromatic rings. The van der Waals surface area contributed by atoms with Gasteiger partial charge in [-0.15, -0.1) is 0 Å². The number of anilines is 1. The Balaban J connectivity index is 2.16. The van der Waals surface area contributed by atoms with Gasteiger partial charge in [0.15, 0.2) is 0 Å². The zero-order valence-corrected chi connectivity index (χ0v) is 10.6. The van der Waals surface area contributed by atoms with Crippen LogP contribution in [0.3, 0.4) is 0 Å². The number of aldehydes is 1. The zero-order valence-electron chi connectivity index (χ0n) is 10.6. The van der Waals surface area contributed by atoms with Crippen molar-refractivity contribution >= 4 is 12.0 Å². The topological polar surface area (TPSA) is 23.6 Å². The summed E-state index contributed by atoms with van der Waals surface area (Å²) in [5, 5.41) is 0. The van der Waals surface area contributed by atoms with Gasteiger partial charge >= 0.3 is 0 Å². The third-order valence-electron chi connectivity index (χ3n) is 3.41. The maximum atomic E-state index is 10.6. The number of rotatable bonds is 2. The van der Waals surface area contributed by atoms with Gasteiger partial charge in [0.25, 0.3) is 0 Å². The van der Waals surface area contributed by atoms with E-state index in [-0.39, 0.29) is 0 Å². The summed E-state index contributed by atoms with van der Waals surface area (Å²) in [6.07, 6.45) is 2.08. The van der Waals surface area contributed by atoms with Gasteiger partial charge in [-0.1, -0.05) is 0 Å². The van der Waals surface area contributed by atoms with E-state index in [1.807, 2.05) is 24.3 Å². The fourth-order valence-corrected chi connectivity index (χ4v) is 2.50. The molecule has 3 heteroatoms. The molecule has 1 saturated heterocycles. The highest BCUT2D eigenvalue weighted by Crippen LogP contribution is 2.20. The third-order valence-corrected chi connectivity index (χ3v) is 3.41. The fourth-order valence-electron chi connectivity index (χ4n) is 2.50. The summed E-state index contributed by atoms with van der Waals surface area (Å²) in [5.74, 6) is 0. The van der Waals surface area contributed by atoms with Gasteiger partial charge in [-0.3, -0.25) is 4.79 Å². The van der Waals surface area contributed by atoms with Crippen LogP contribution in [-0.4, -0.2) is 43.9 Å². The number of likely N-dealkylation sites (N-methyl/N-ethyl adjacent to an activating group) is 1. The van der Waals surface area contributed by atoms with Crippen LogP contribution in [0.2, 0.25) is 0 Å². The lowest BCUT2D eigenvalue weighted by Crippen LogP contribution is -2.37. The van der Waals surface area contributed by atoms with Gasteiger partial charge in [0.2, 0.25) is 0 Å². The van der Waals surface area contributed by atoms with Crippen LogP contribution in [0.25, 0.3) is 0 Å². The molecule has 17 heavy (non-hydrogen) atoms. The predicted octanol–water partition coefficient (Wildman–Crippen LogP) is 2.03. The molecule has 1 fully saturated rings.